The molecule has 0 spiro atoms. The highest BCUT2D eigenvalue weighted by Crippen LogP contribution is 2.39. The minimum absolute atomic E-state index is 0.0702. The molecule has 0 unspecified atom stereocenters. The summed E-state index contributed by atoms with van der Waals surface area (Å²) in [5, 5.41) is 0.446. The number of terminal acetylenes is 1. The Morgan fingerprint density at radius 1 is 0.811 bits per heavy atom. The first-order valence-electron chi connectivity index (χ1n) is 11.7. The molecule has 0 bridgehead atoms. The predicted molar refractivity (Wildman–Crippen MR) is 140 cm³/mol. The first-order chi connectivity index (χ1) is 17.9. The van der Waals surface area contributed by atoms with E-state index in [2.05, 4.69) is 10.9 Å². The van der Waals surface area contributed by atoms with E-state index in [9.17, 15) is 13.2 Å². The van der Waals surface area contributed by atoms with Crippen LogP contribution >= 0.6 is 0 Å². The van der Waals surface area contributed by atoms with E-state index in [1.807, 2.05) is 78.9 Å². The molecule has 0 aliphatic carbocycles. The molecule has 0 radical (unpaired) electrons. The average Bonchev–Trinajstić information content (AvgIpc) is 2.91. The summed E-state index contributed by atoms with van der Waals surface area (Å²) in [5.41, 5.74) is 4.21. The zero-order valence-electron chi connectivity index (χ0n) is 19.8. The molecule has 0 aliphatic heterocycles. The highest BCUT2D eigenvalue weighted by Gasteiger charge is 2.33. The van der Waals surface area contributed by atoms with Crippen molar-refractivity contribution < 1.29 is 17.9 Å². The first kappa shape index (κ1) is 24.1. The van der Waals surface area contributed by atoms with Crippen LogP contribution in [-0.4, -0.2) is 4.98 Å². The largest absolute Gasteiger partial charge is 0.489 e. The second-order valence-corrected chi connectivity index (χ2v) is 8.68. The van der Waals surface area contributed by atoms with Gasteiger partial charge in [0.15, 0.2) is 0 Å². The van der Waals surface area contributed by atoms with Crippen LogP contribution in [0.2, 0.25) is 0 Å². The van der Waals surface area contributed by atoms with Crippen molar-refractivity contribution in [3.05, 3.63) is 131 Å². The average molecular weight is 494 g/mol. The third-order valence-corrected chi connectivity index (χ3v) is 6.14. The van der Waals surface area contributed by atoms with Gasteiger partial charge in [-0.05, 0) is 64.6 Å². The van der Waals surface area contributed by atoms with Gasteiger partial charge in [-0.25, -0.2) is 0 Å². The van der Waals surface area contributed by atoms with Crippen molar-refractivity contribution in [2.24, 2.45) is 0 Å². The van der Waals surface area contributed by atoms with Crippen LogP contribution in [0.25, 0.3) is 22.0 Å². The number of hydrogen-bond donors (Lipinski definition) is 0. The Kier molecular flexibility index (Phi) is 6.66. The van der Waals surface area contributed by atoms with Crippen molar-refractivity contribution in [1.29, 1.82) is 0 Å². The van der Waals surface area contributed by atoms with Gasteiger partial charge in [0.2, 0.25) is 0 Å². The van der Waals surface area contributed by atoms with Crippen LogP contribution in [0.4, 0.5) is 13.2 Å². The first-order valence-corrected chi connectivity index (χ1v) is 11.7. The summed E-state index contributed by atoms with van der Waals surface area (Å²) < 4.78 is 47.5. The lowest BCUT2D eigenvalue weighted by Crippen LogP contribution is -2.07. The molecular weight excluding hydrogens is 471 g/mol. The molecule has 182 valence electrons. The number of nitrogens with zero attached hydrogens (tertiary/aromatic N) is 1. The highest BCUT2D eigenvalue weighted by atomic mass is 19.4. The van der Waals surface area contributed by atoms with Crippen molar-refractivity contribution in [1.82, 2.24) is 4.98 Å². The second-order valence-electron chi connectivity index (χ2n) is 8.68. The van der Waals surface area contributed by atoms with Gasteiger partial charge in [-0.15, -0.1) is 6.42 Å². The Labute approximate surface area is 213 Å². The monoisotopic (exact) mass is 493 g/mol. The molecule has 5 rings (SSSR count). The number of ether oxygens (including phenoxy) is 1. The number of rotatable bonds is 6. The lowest BCUT2D eigenvalue weighted by molar-refractivity contribution is -0.136. The van der Waals surface area contributed by atoms with Gasteiger partial charge < -0.3 is 4.74 Å². The van der Waals surface area contributed by atoms with E-state index in [0.717, 1.165) is 33.9 Å². The smallest absolute Gasteiger partial charge is 0.418 e. The molecule has 2 nitrogen and oxygen atoms in total. The Morgan fingerprint density at radius 3 is 2.35 bits per heavy atom. The third kappa shape index (κ3) is 5.34. The molecule has 1 aromatic heterocycles. The van der Waals surface area contributed by atoms with E-state index in [-0.39, 0.29) is 5.52 Å². The Hall–Kier alpha value is -4.56. The summed E-state index contributed by atoms with van der Waals surface area (Å²) in [6, 6.07) is 28.9. The topological polar surface area (TPSA) is 22.1 Å². The van der Waals surface area contributed by atoms with Crippen LogP contribution in [0, 0.1) is 12.3 Å². The fourth-order valence-electron chi connectivity index (χ4n) is 4.44. The molecule has 0 N–H and O–H groups in total. The van der Waals surface area contributed by atoms with E-state index in [4.69, 9.17) is 11.2 Å². The van der Waals surface area contributed by atoms with Crippen molar-refractivity contribution in [3.63, 3.8) is 0 Å². The zero-order valence-corrected chi connectivity index (χ0v) is 19.8. The van der Waals surface area contributed by atoms with Crippen molar-refractivity contribution in [2.45, 2.75) is 19.2 Å². The lowest BCUT2D eigenvalue weighted by Gasteiger charge is -2.17. The van der Waals surface area contributed by atoms with Crippen molar-refractivity contribution in [3.8, 4) is 29.2 Å². The van der Waals surface area contributed by atoms with Gasteiger partial charge in [-0.2, -0.15) is 13.2 Å². The Morgan fingerprint density at radius 2 is 1.57 bits per heavy atom. The van der Waals surface area contributed by atoms with Crippen LogP contribution in [0.15, 0.2) is 103 Å². The number of hydrogen-bond acceptors (Lipinski definition) is 2. The molecule has 0 atom stereocenters. The molecule has 4 aromatic carbocycles. The number of para-hydroxylation sites is 1. The highest BCUT2D eigenvalue weighted by molar-refractivity contribution is 5.98. The fourth-order valence-corrected chi connectivity index (χ4v) is 4.44. The maximum atomic E-state index is 13.8. The molecule has 0 amide bonds. The number of fused-ring (bicyclic) bond motifs is 1. The molecule has 37 heavy (non-hydrogen) atoms. The quantitative estimate of drug-likeness (QED) is 0.223. The van der Waals surface area contributed by atoms with E-state index in [0.29, 0.717) is 29.7 Å². The summed E-state index contributed by atoms with van der Waals surface area (Å²) in [5.74, 6) is 3.22. The third-order valence-electron chi connectivity index (χ3n) is 6.14. The van der Waals surface area contributed by atoms with Crippen LogP contribution in [0.3, 0.4) is 0 Å². The van der Waals surface area contributed by atoms with Crippen molar-refractivity contribution in [2.75, 3.05) is 0 Å². The van der Waals surface area contributed by atoms with Crippen molar-refractivity contribution >= 4 is 10.9 Å². The number of alkyl halides is 3. The van der Waals surface area contributed by atoms with Gasteiger partial charge in [0.05, 0.1) is 11.1 Å². The molecule has 1 heterocycles. The summed E-state index contributed by atoms with van der Waals surface area (Å²) in [7, 11) is 0. The molecule has 0 fully saturated rings. The standard InChI is InChI=1S/C32H22F3NO/c1-2-22-11-6-12-24(17-22)21-37-27-14-7-13-25(19-27)30-26(18-23-9-4-3-5-10-23)20-36-31-28(30)15-8-16-29(31)32(33,34)35/h1,3-17,19-20H,18,21H2. The molecule has 5 heteroatoms. The van der Waals surface area contributed by atoms with Gasteiger partial charge in [-0.1, -0.05) is 72.7 Å². The van der Waals surface area contributed by atoms with Gasteiger partial charge >= 0.3 is 6.18 Å². The van der Waals surface area contributed by atoms with Gasteiger partial charge in [-0.3, -0.25) is 4.98 Å². The molecular formula is C32H22F3NO. The SMILES string of the molecule is C#Cc1cccc(COc2cccc(-c3c(Cc4ccccc4)cnc4c(C(F)(F)F)cccc34)c2)c1. The molecule has 0 saturated heterocycles. The van der Waals surface area contributed by atoms with E-state index < -0.39 is 11.7 Å². The van der Waals surface area contributed by atoms with Gasteiger partial charge in [0.1, 0.15) is 12.4 Å². The van der Waals surface area contributed by atoms with Gasteiger partial charge in [0.25, 0.3) is 0 Å². The van der Waals surface area contributed by atoms with E-state index in [1.54, 1.807) is 12.3 Å². The second kappa shape index (κ2) is 10.2. The fraction of sp³-hybridized carbons (Fsp3) is 0.0938. The summed E-state index contributed by atoms with van der Waals surface area (Å²) in [4.78, 5) is 4.28. The number of benzene rings is 4. The Balaban J connectivity index is 1.59. The minimum atomic E-state index is -4.51. The van der Waals surface area contributed by atoms with E-state index >= 15 is 0 Å². The summed E-state index contributed by atoms with van der Waals surface area (Å²) in [6.07, 6.45) is 3.07. The zero-order chi connectivity index (χ0) is 25.8. The Bertz CT molecular complexity index is 1600. The lowest BCUT2D eigenvalue weighted by atomic mass is 9.92. The molecule has 5 aromatic rings. The van der Waals surface area contributed by atoms with Crippen LogP contribution in [0.1, 0.15) is 27.8 Å². The maximum Gasteiger partial charge on any atom is 0.418 e. The molecule has 0 aliphatic rings. The number of pyridine rings is 1. The number of halogens is 3. The van der Waals surface area contributed by atoms with Crippen LogP contribution in [-0.2, 0) is 19.2 Å². The summed E-state index contributed by atoms with van der Waals surface area (Å²) >= 11 is 0. The summed E-state index contributed by atoms with van der Waals surface area (Å²) in [6.45, 7) is 0.311. The molecule has 0 saturated carbocycles. The predicted octanol–water partition coefficient (Wildman–Crippen LogP) is 8.07. The van der Waals surface area contributed by atoms with Crippen LogP contribution < -0.4 is 4.74 Å². The van der Waals surface area contributed by atoms with E-state index in [1.165, 1.54) is 6.07 Å². The maximum absolute atomic E-state index is 13.8. The van der Waals surface area contributed by atoms with Gasteiger partial charge in [0, 0.05) is 17.1 Å². The number of aromatic nitrogens is 1. The minimum Gasteiger partial charge on any atom is -0.489 e. The van der Waals surface area contributed by atoms with Crippen LogP contribution in [0.5, 0.6) is 5.75 Å². The normalized spacial score (nSPS) is 11.3.